The Labute approximate surface area is 192 Å². The highest BCUT2D eigenvalue weighted by Gasteiger charge is 2.27. The number of hydrogen-bond acceptors (Lipinski definition) is 3. The van der Waals surface area contributed by atoms with Crippen molar-refractivity contribution in [3.63, 3.8) is 0 Å². The fourth-order valence-electron chi connectivity index (χ4n) is 3.96. The van der Waals surface area contributed by atoms with Crippen LogP contribution >= 0.6 is 0 Å². The topological polar surface area (TPSA) is 72.2 Å². The van der Waals surface area contributed by atoms with Crippen molar-refractivity contribution in [2.24, 2.45) is 5.73 Å². The summed E-state index contributed by atoms with van der Waals surface area (Å²) in [6.07, 6.45) is 0. The zero-order chi connectivity index (χ0) is 23.3. The third kappa shape index (κ3) is 6.06. The van der Waals surface area contributed by atoms with Crippen molar-refractivity contribution < 1.29 is 8.42 Å². The van der Waals surface area contributed by atoms with Crippen molar-refractivity contribution >= 4 is 10.0 Å². The van der Waals surface area contributed by atoms with Gasteiger partial charge in [0.2, 0.25) is 10.0 Å². The van der Waals surface area contributed by atoms with Crippen LogP contribution in [-0.4, -0.2) is 8.42 Å². The van der Waals surface area contributed by atoms with Crippen molar-refractivity contribution in [3.05, 3.63) is 107 Å². The maximum atomic E-state index is 13.3. The number of nitrogens with one attached hydrogen (secondary N) is 1. The number of nitrogens with two attached hydrogens (primary N) is 1. The van der Waals surface area contributed by atoms with E-state index in [1.807, 2.05) is 72.8 Å². The summed E-state index contributed by atoms with van der Waals surface area (Å²) in [6, 6.07) is 24.2. The van der Waals surface area contributed by atoms with E-state index in [4.69, 9.17) is 5.73 Å². The Morgan fingerprint density at radius 1 is 0.750 bits per heavy atom. The Bertz CT molecular complexity index is 1110. The third-order valence-electron chi connectivity index (χ3n) is 5.81. The normalized spacial score (nSPS) is 14.0. The molecule has 3 aromatic rings. The molecule has 4 nitrogen and oxygen atoms in total. The van der Waals surface area contributed by atoms with Crippen LogP contribution in [-0.2, 0) is 15.8 Å². The Hall–Kier alpha value is -2.47. The summed E-state index contributed by atoms with van der Waals surface area (Å²) >= 11 is 0. The molecule has 3 rings (SSSR count). The lowest BCUT2D eigenvalue weighted by molar-refractivity contribution is 0.503. The van der Waals surface area contributed by atoms with Crippen molar-refractivity contribution in [2.45, 2.75) is 57.4 Å². The monoisotopic (exact) mass is 450 g/mol. The van der Waals surface area contributed by atoms with Gasteiger partial charge in [-0.1, -0.05) is 107 Å². The first kappa shape index (κ1) is 24.2. The molecule has 0 saturated carbocycles. The molecule has 0 heterocycles. The van der Waals surface area contributed by atoms with Crippen molar-refractivity contribution in [3.8, 4) is 0 Å². The molecule has 0 spiro atoms. The zero-order valence-corrected chi connectivity index (χ0v) is 20.1. The number of rotatable bonds is 9. The second kappa shape index (κ2) is 10.4. The molecule has 0 aliphatic rings. The molecule has 0 saturated heterocycles. The zero-order valence-electron chi connectivity index (χ0n) is 19.3. The maximum Gasteiger partial charge on any atom is 0.216 e. The molecule has 3 aromatic carbocycles. The van der Waals surface area contributed by atoms with Crippen molar-refractivity contribution in [1.29, 1.82) is 0 Å². The van der Waals surface area contributed by atoms with E-state index in [2.05, 4.69) is 38.5 Å². The summed E-state index contributed by atoms with van der Waals surface area (Å²) < 4.78 is 29.6. The van der Waals surface area contributed by atoms with Gasteiger partial charge in [0.05, 0.1) is 17.8 Å². The van der Waals surface area contributed by atoms with Gasteiger partial charge in [-0.3, -0.25) is 0 Å². The van der Waals surface area contributed by atoms with Crippen LogP contribution in [0.3, 0.4) is 0 Å². The van der Waals surface area contributed by atoms with E-state index in [0.717, 1.165) is 22.3 Å². The van der Waals surface area contributed by atoms with Gasteiger partial charge in [0, 0.05) is 0 Å². The molecule has 0 amide bonds. The predicted octanol–water partition coefficient (Wildman–Crippen LogP) is 5.79. The summed E-state index contributed by atoms with van der Waals surface area (Å²) in [6.45, 7) is 8.49. The largest absolute Gasteiger partial charge is 0.322 e. The third-order valence-corrected chi connectivity index (χ3v) is 7.12. The van der Waals surface area contributed by atoms with Gasteiger partial charge in [-0.25, -0.2) is 13.1 Å². The minimum atomic E-state index is -3.65. The Kier molecular flexibility index (Phi) is 7.88. The van der Waals surface area contributed by atoms with Crippen molar-refractivity contribution in [1.82, 2.24) is 4.72 Å². The van der Waals surface area contributed by atoms with Gasteiger partial charge in [0.15, 0.2) is 0 Å². The molecule has 0 aromatic heterocycles. The highest BCUT2D eigenvalue weighted by Crippen LogP contribution is 2.30. The van der Waals surface area contributed by atoms with Gasteiger partial charge in [0.1, 0.15) is 0 Å². The van der Waals surface area contributed by atoms with Gasteiger partial charge in [0.25, 0.3) is 0 Å². The molecule has 32 heavy (non-hydrogen) atoms. The molecule has 0 radical (unpaired) electrons. The van der Waals surface area contributed by atoms with Crippen LogP contribution in [0.5, 0.6) is 0 Å². The Morgan fingerprint density at radius 3 is 1.84 bits per heavy atom. The molecular formula is C27H34N2O2S. The lowest BCUT2D eigenvalue weighted by Gasteiger charge is -2.26. The second-order valence-electron chi connectivity index (χ2n) is 8.97. The lowest BCUT2D eigenvalue weighted by atomic mass is 9.92. The summed E-state index contributed by atoms with van der Waals surface area (Å²) in [4.78, 5) is 0. The summed E-state index contributed by atoms with van der Waals surface area (Å²) in [5, 5.41) is 0. The molecule has 0 bridgehead atoms. The van der Waals surface area contributed by atoms with Gasteiger partial charge in [-0.15, -0.1) is 0 Å². The lowest BCUT2D eigenvalue weighted by Crippen LogP contribution is -2.36. The summed E-state index contributed by atoms with van der Waals surface area (Å²) in [7, 11) is -3.65. The van der Waals surface area contributed by atoms with E-state index in [1.54, 1.807) is 0 Å². The standard InChI is InChI=1S/C27H34N2O2S/c1-19(2)23-15-16-24(25(17-23)20(3)4)18-32(30,31)29-27(22-13-9-6-10-14-22)26(28)21-11-7-5-8-12-21/h5-17,19-20,26-27,29H,18,28H2,1-4H3. The maximum absolute atomic E-state index is 13.3. The van der Waals surface area contributed by atoms with Gasteiger partial charge in [-0.2, -0.15) is 0 Å². The van der Waals surface area contributed by atoms with Crippen LogP contribution in [0.4, 0.5) is 0 Å². The van der Waals surface area contributed by atoms with Crippen LogP contribution < -0.4 is 10.5 Å². The average Bonchev–Trinajstić information content (AvgIpc) is 2.78. The minimum absolute atomic E-state index is 0.0796. The molecule has 3 N–H and O–H groups in total. The molecule has 0 aliphatic carbocycles. The van der Waals surface area contributed by atoms with E-state index < -0.39 is 22.1 Å². The molecular weight excluding hydrogens is 416 g/mol. The van der Waals surface area contributed by atoms with Gasteiger partial charge < -0.3 is 5.73 Å². The van der Waals surface area contributed by atoms with Crippen LogP contribution in [0.2, 0.25) is 0 Å². The van der Waals surface area contributed by atoms with E-state index in [1.165, 1.54) is 5.56 Å². The number of sulfonamides is 1. The molecule has 0 aliphatic heterocycles. The predicted molar refractivity (Wildman–Crippen MR) is 133 cm³/mol. The first-order valence-corrected chi connectivity index (χ1v) is 12.8. The van der Waals surface area contributed by atoms with E-state index in [9.17, 15) is 8.42 Å². The fraction of sp³-hybridized carbons (Fsp3) is 0.333. The first-order chi connectivity index (χ1) is 15.2. The van der Waals surface area contributed by atoms with Gasteiger partial charge in [-0.05, 0) is 39.7 Å². The SMILES string of the molecule is CC(C)c1ccc(CS(=O)(=O)NC(c2ccccc2)C(N)c2ccccc2)c(C(C)C)c1. The second-order valence-corrected chi connectivity index (χ2v) is 10.7. The summed E-state index contributed by atoms with van der Waals surface area (Å²) in [5.74, 6) is 0.544. The molecule has 5 heteroatoms. The smallest absolute Gasteiger partial charge is 0.216 e. The van der Waals surface area contributed by atoms with E-state index >= 15 is 0 Å². The molecule has 0 fully saturated rings. The van der Waals surface area contributed by atoms with Crippen LogP contribution in [0.25, 0.3) is 0 Å². The van der Waals surface area contributed by atoms with Gasteiger partial charge >= 0.3 is 0 Å². The molecule has 2 atom stereocenters. The van der Waals surface area contributed by atoms with Crippen LogP contribution in [0.1, 0.15) is 79.4 Å². The minimum Gasteiger partial charge on any atom is -0.322 e. The number of hydrogen-bond donors (Lipinski definition) is 2. The van der Waals surface area contributed by atoms with Crippen molar-refractivity contribution in [2.75, 3.05) is 0 Å². The number of benzene rings is 3. The van der Waals surface area contributed by atoms with Crippen LogP contribution in [0.15, 0.2) is 78.9 Å². The Balaban J connectivity index is 1.93. The van der Waals surface area contributed by atoms with Crippen LogP contribution in [0, 0.1) is 0 Å². The molecule has 2 unspecified atom stereocenters. The van der Waals surface area contributed by atoms with E-state index in [-0.39, 0.29) is 11.7 Å². The highest BCUT2D eigenvalue weighted by atomic mass is 32.2. The average molecular weight is 451 g/mol. The molecule has 170 valence electrons. The Morgan fingerprint density at radius 2 is 1.31 bits per heavy atom. The van der Waals surface area contributed by atoms with E-state index in [0.29, 0.717) is 5.92 Å². The summed E-state index contributed by atoms with van der Waals surface area (Å²) in [5.41, 5.74) is 11.4. The quantitative estimate of drug-likeness (QED) is 0.433. The highest BCUT2D eigenvalue weighted by molar-refractivity contribution is 7.88. The fourth-order valence-corrected chi connectivity index (χ4v) is 5.38. The first-order valence-electron chi connectivity index (χ1n) is 11.2.